The van der Waals surface area contributed by atoms with Crippen molar-refractivity contribution in [3.8, 4) is 0 Å². The van der Waals surface area contributed by atoms with Crippen LogP contribution in [0.15, 0.2) is 36.7 Å². The van der Waals surface area contributed by atoms with E-state index in [4.69, 9.17) is 0 Å². The lowest BCUT2D eigenvalue weighted by Crippen LogP contribution is -2.04. The minimum absolute atomic E-state index is 0.0105. The van der Waals surface area contributed by atoms with Crippen LogP contribution in [0, 0.1) is 0 Å². The number of carboxylic acids is 1. The average Bonchev–Trinajstić information content (AvgIpc) is 2.83. The standard InChI is InChI=1S/C15H13F2N4O2P/c1-21-12-3-2-8(15(16,17)24)6-10(12)13(20-21)19-11-7-18-5-4-9(11)14(22)23/h2-7H,24H2,1H3,(H,19,20)(H,22,23). The molecular weight excluding hydrogens is 337 g/mol. The maximum absolute atomic E-state index is 13.5. The highest BCUT2D eigenvalue weighted by atomic mass is 31.0. The van der Waals surface area contributed by atoms with Gasteiger partial charge in [-0.3, -0.25) is 9.67 Å². The molecule has 9 heteroatoms. The summed E-state index contributed by atoms with van der Waals surface area (Å²) >= 11 is 0. The SMILES string of the molecule is Cn1nc(Nc2cnccc2C(=O)O)c2cc(C(F)(F)P)ccc21. The van der Waals surface area contributed by atoms with Gasteiger partial charge in [0.1, 0.15) is 0 Å². The van der Waals surface area contributed by atoms with Gasteiger partial charge in [0.05, 0.1) is 23.0 Å². The van der Waals surface area contributed by atoms with E-state index in [1.165, 1.54) is 44.5 Å². The van der Waals surface area contributed by atoms with Crippen molar-refractivity contribution in [3.05, 3.63) is 47.8 Å². The first-order valence-electron chi connectivity index (χ1n) is 6.85. The first kappa shape index (κ1) is 16.3. The van der Waals surface area contributed by atoms with Gasteiger partial charge in [-0.05, 0) is 18.2 Å². The third-order valence-corrected chi connectivity index (χ3v) is 3.87. The van der Waals surface area contributed by atoms with Crippen LogP contribution in [0.5, 0.6) is 0 Å². The zero-order valence-corrected chi connectivity index (χ0v) is 13.6. The van der Waals surface area contributed by atoms with Crippen molar-refractivity contribution in [2.24, 2.45) is 7.05 Å². The first-order valence-corrected chi connectivity index (χ1v) is 7.43. The second kappa shape index (κ2) is 5.79. The molecule has 0 amide bonds. The van der Waals surface area contributed by atoms with Crippen LogP contribution in [-0.4, -0.2) is 25.8 Å². The fourth-order valence-corrected chi connectivity index (χ4v) is 2.55. The van der Waals surface area contributed by atoms with Crippen LogP contribution >= 0.6 is 9.24 Å². The van der Waals surface area contributed by atoms with Crippen molar-refractivity contribution in [3.63, 3.8) is 0 Å². The molecule has 0 aliphatic rings. The van der Waals surface area contributed by atoms with Gasteiger partial charge < -0.3 is 10.4 Å². The Labute approximate surface area is 137 Å². The third kappa shape index (κ3) is 2.92. The van der Waals surface area contributed by atoms with Crippen LogP contribution in [0.25, 0.3) is 10.9 Å². The molecule has 1 atom stereocenters. The Kier molecular flexibility index (Phi) is 3.93. The Hall–Kier alpha value is -2.60. The monoisotopic (exact) mass is 350 g/mol. The Morgan fingerprint density at radius 1 is 1.38 bits per heavy atom. The van der Waals surface area contributed by atoms with E-state index in [9.17, 15) is 18.7 Å². The van der Waals surface area contributed by atoms with Crippen molar-refractivity contribution >= 4 is 37.6 Å². The van der Waals surface area contributed by atoms with Crippen molar-refractivity contribution in [2.75, 3.05) is 5.32 Å². The smallest absolute Gasteiger partial charge is 0.337 e. The number of nitrogens with zero attached hydrogens (tertiary/aromatic N) is 3. The van der Waals surface area contributed by atoms with Gasteiger partial charge in [-0.15, -0.1) is 0 Å². The lowest BCUT2D eigenvalue weighted by molar-refractivity contribution is 0.0697. The molecule has 0 spiro atoms. The maximum Gasteiger partial charge on any atom is 0.337 e. The summed E-state index contributed by atoms with van der Waals surface area (Å²) in [5.41, 5.74) is -2.37. The zero-order chi connectivity index (χ0) is 17.5. The summed E-state index contributed by atoms with van der Waals surface area (Å²) in [6.07, 6.45) is 2.70. The topological polar surface area (TPSA) is 80.0 Å². The molecule has 6 nitrogen and oxygen atoms in total. The number of halogens is 2. The molecule has 2 aromatic heterocycles. The van der Waals surface area contributed by atoms with Gasteiger partial charge >= 0.3 is 5.97 Å². The molecule has 0 saturated carbocycles. The van der Waals surface area contributed by atoms with Crippen molar-refractivity contribution in [1.82, 2.24) is 14.8 Å². The maximum atomic E-state index is 13.5. The van der Waals surface area contributed by atoms with Gasteiger partial charge in [0.25, 0.3) is 5.66 Å². The summed E-state index contributed by atoms with van der Waals surface area (Å²) in [4.78, 5) is 15.2. The molecule has 24 heavy (non-hydrogen) atoms. The normalized spacial score (nSPS) is 11.7. The molecule has 1 unspecified atom stereocenters. The second-order valence-corrected chi connectivity index (χ2v) is 5.90. The van der Waals surface area contributed by atoms with E-state index >= 15 is 0 Å². The van der Waals surface area contributed by atoms with Gasteiger partial charge in [-0.1, -0.05) is 15.3 Å². The summed E-state index contributed by atoms with van der Waals surface area (Å²) in [6, 6.07) is 5.54. The van der Waals surface area contributed by atoms with E-state index in [1.807, 2.05) is 0 Å². The number of aromatic nitrogens is 3. The summed E-state index contributed by atoms with van der Waals surface area (Å²) < 4.78 is 28.6. The fraction of sp³-hybridized carbons (Fsp3) is 0.133. The molecule has 3 aromatic rings. The van der Waals surface area contributed by atoms with Gasteiger partial charge in [0.2, 0.25) is 0 Å². The summed E-state index contributed by atoms with van der Waals surface area (Å²) in [5, 5.41) is 16.8. The molecule has 0 radical (unpaired) electrons. The highest BCUT2D eigenvalue weighted by molar-refractivity contribution is 7.17. The van der Waals surface area contributed by atoms with Crippen molar-refractivity contribution in [1.29, 1.82) is 0 Å². The number of alkyl halides is 2. The Morgan fingerprint density at radius 2 is 2.12 bits per heavy atom. The molecule has 0 aliphatic carbocycles. The molecule has 0 saturated heterocycles. The van der Waals surface area contributed by atoms with E-state index in [1.54, 1.807) is 13.1 Å². The minimum Gasteiger partial charge on any atom is -0.478 e. The number of carboxylic acid groups (broad SMARTS) is 1. The molecule has 3 rings (SSSR count). The molecule has 2 N–H and O–H groups in total. The zero-order valence-electron chi connectivity index (χ0n) is 12.5. The third-order valence-electron chi connectivity index (χ3n) is 3.54. The number of benzene rings is 1. The van der Waals surface area contributed by atoms with Gasteiger partial charge in [0.15, 0.2) is 5.82 Å². The fourth-order valence-electron chi connectivity index (χ4n) is 2.37. The number of hydrogen-bond acceptors (Lipinski definition) is 4. The van der Waals surface area contributed by atoms with Crippen LogP contribution < -0.4 is 5.32 Å². The molecule has 1 aromatic carbocycles. The van der Waals surface area contributed by atoms with Crippen LogP contribution in [0.1, 0.15) is 15.9 Å². The van der Waals surface area contributed by atoms with Crippen LogP contribution in [0.3, 0.4) is 0 Å². The number of aromatic carboxylic acids is 1. The van der Waals surface area contributed by atoms with E-state index in [2.05, 4.69) is 15.4 Å². The van der Waals surface area contributed by atoms with Crippen LogP contribution in [-0.2, 0) is 12.7 Å². The molecular formula is C15H13F2N4O2P. The Bertz CT molecular complexity index is 937. The van der Waals surface area contributed by atoms with Crippen LogP contribution in [0.4, 0.5) is 20.3 Å². The highest BCUT2D eigenvalue weighted by Gasteiger charge is 2.25. The number of pyridine rings is 1. The van der Waals surface area contributed by atoms with E-state index in [-0.39, 0.29) is 22.6 Å². The lowest BCUT2D eigenvalue weighted by atomic mass is 10.1. The molecule has 2 heterocycles. The van der Waals surface area contributed by atoms with E-state index < -0.39 is 11.6 Å². The molecule has 124 valence electrons. The number of nitrogens with one attached hydrogen (secondary N) is 1. The van der Waals surface area contributed by atoms with Gasteiger partial charge in [0, 0.05) is 24.2 Å². The number of carbonyl (C=O) groups is 1. The molecule has 0 aliphatic heterocycles. The Balaban J connectivity index is 2.12. The number of aryl methyl sites for hydroxylation is 1. The Morgan fingerprint density at radius 3 is 2.79 bits per heavy atom. The summed E-state index contributed by atoms with van der Waals surface area (Å²) in [7, 11) is 3.17. The number of rotatable bonds is 4. The van der Waals surface area contributed by atoms with E-state index in [0.29, 0.717) is 10.9 Å². The number of anilines is 2. The summed E-state index contributed by atoms with van der Waals surface area (Å²) in [6.45, 7) is 0. The predicted molar refractivity (Wildman–Crippen MR) is 88.8 cm³/mol. The lowest BCUT2D eigenvalue weighted by Gasteiger charge is -2.11. The minimum atomic E-state index is -3.07. The number of hydrogen-bond donors (Lipinski definition) is 2. The van der Waals surface area contributed by atoms with Crippen molar-refractivity contribution in [2.45, 2.75) is 5.66 Å². The van der Waals surface area contributed by atoms with Gasteiger partial charge in [-0.25, -0.2) is 4.79 Å². The molecule has 0 bridgehead atoms. The summed E-state index contributed by atoms with van der Waals surface area (Å²) in [5.74, 6) is -0.851. The number of fused-ring (bicyclic) bond motifs is 1. The molecule has 0 fully saturated rings. The van der Waals surface area contributed by atoms with E-state index in [0.717, 1.165) is 0 Å². The van der Waals surface area contributed by atoms with Crippen molar-refractivity contribution < 1.29 is 18.7 Å². The average molecular weight is 350 g/mol. The quantitative estimate of drug-likeness (QED) is 0.706. The van der Waals surface area contributed by atoms with Gasteiger partial charge in [-0.2, -0.15) is 13.9 Å². The predicted octanol–water partition coefficient (Wildman–Crippen LogP) is 3.33. The largest absolute Gasteiger partial charge is 0.478 e. The first-order chi connectivity index (χ1) is 11.3. The highest BCUT2D eigenvalue weighted by Crippen LogP contribution is 2.37. The van der Waals surface area contributed by atoms with Crippen LogP contribution in [0.2, 0.25) is 0 Å². The second-order valence-electron chi connectivity index (χ2n) is 5.18.